The number of aliphatic carboxylic acids is 1. The molecule has 1 aromatic carbocycles. The number of carbonyl (C=O) groups is 3. The second-order valence-corrected chi connectivity index (χ2v) is 5.14. The molecule has 0 fully saturated rings. The third-order valence-electron chi connectivity index (χ3n) is 2.79. The van der Waals surface area contributed by atoms with Crippen molar-refractivity contribution < 1.29 is 19.5 Å². The molecule has 6 heteroatoms. The monoisotopic (exact) mass is 292 g/mol. The molecule has 1 rings (SSSR count). The number of benzene rings is 1. The maximum atomic E-state index is 11.7. The van der Waals surface area contributed by atoms with Gasteiger partial charge in [0.05, 0.1) is 6.54 Å². The third kappa shape index (κ3) is 6.07. The SMILES string of the molecule is CC(C)C[C@@H](NC(=O)CNC(=O)c1ccccc1)C(=O)O. The van der Waals surface area contributed by atoms with Gasteiger partial charge in [-0.05, 0) is 24.5 Å². The Labute approximate surface area is 123 Å². The van der Waals surface area contributed by atoms with Crippen molar-refractivity contribution in [2.24, 2.45) is 5.92 Å². The van der Waals surface area contributed by atoms with Crippen molar-refractivity contribution in [3.05, 3.63) is 35.9 Å². The summed E-state index contributed by atoms with van der Waals surface area (Å²) < 4.78 is 0. The van der Waals surface area contributed by atoms with E-state index in [-0.39, 0.29) is 18.4 Å². The Hall–Kier alpha value is -2.37. The van der Waals surface area contributed by atoms with E-state index in [4.69, 9.17) is 5.11 Å². The summed E-state index contributed by atoms with van der Waals surface area (Å²) in [6.07, 6.45) is 0.341. The summed E-state index contributed by atoms with van der Waals surface area (Å²) in [6.45, 7) is 3.49. The summed E-state index contributed by atoms with van der Waals surface area (Å²) in [5, 5.41) is 13.9. The summed E-state index contributed by atoms with van der Waals surface area (Å²) >= 11 is 0. The van der Waals surface area contributed by atoms with Gasteiger partial charge in [-0.15, -0.1) is 0 Å². The number of hydrogen-bond donors (Lipinski definition) is 3. The molecule has 6 nitrogen and oxygen atoms in total. The molecular weight excluding hydrogens is 272 g/mol. The fraction of sp³-hybridized carbons (Fsp3) is 0.400. The largest absolute Gasteiger partial charge is 0.480 e. The van der Waals surface area contributed by atoms with Crippen LogP contribution in [-0.4, -0.2) is 35.5 Å². The topological polar surface area (TPSA) is 95.5 Å². The van der Waals surface area contributed by atoms with Crippen LogP contribution in [0.4, 0.5) is 0 Å². The maximum Gasteiger partial charge on any atom is 0.326 e. The smallest absolute Gasteiger partial charge is 0.326 e. The number of carboxylic acids is 1. The van der Waals surface area contributed by atoms with E-state index in [0.29, 0.717) is 12.0 Å². The molecule has 0 aliphatic carbocycles. The van der Waals surface area contributed by atoms with Gasteiger partial charge in [0.2, 0.25) is 5.91 Å². The molecule has 0 radical (unpaired) electrons. The van der Waals surface area contributed by atoms with Crippen molar-refractivity contribution in [3.63, 3.8) is 0 Å². The van der Waals surface area contributed by atoms with Gasteiger partial charge in [0.1, 0.15) is 6.04 Å². The Morgan fingerprint density at radius 1 is 1.14 bits per heavy atom. The third-order valence-corrected chi connectivity index (χ3v) is 2.79. The first-order valence-electron chi connectivity index (χ1n) is 6.75. The standard InChI is InChI=1S/C15H20N2O4/c1-10(2)8-12(15(20)21)17-13(18)9-16-14(19)11-6-4-3-5-7-11/h3-7,10,12H,8-9H2,1-2H3,(H,16,19)(H,17,18)(H,20,21)/t12-/m1/s1. The summed E-state index contributed by atoms with van der Waals surface area (Å²) in [4.78, 5) is 34.5. The highest BCUT2D eigenvalue weighted by Gasteiger charge is 2.21. The van der Waals surface area contributed by atoms with Crippen molar-refractivity contribution in [1.29, 1.82) is 0 Å². The van der Waals surface area contributed by atoms with Crippen LogP contribution in [0.5, 0.6) is 0 Å². The highest BCUT2D eigenvalue weighted by atomic mass is 16.4. The van der Waals surface area contributed by atoms with Gasteiger partial charge in [-0.1, -0.05) is 32.0 Å². The fourth-order valence-corrected chi connectivity index (χ4v) is 1.79. The first kappa shape index (κ1) is 16.7. The molecule has 2 amide bonds. The van der Waals surface area contributed by atoms with Crippen LogP contribution in [0.2, 0.25) is 0 Å². The second-order valence-electron chi connectivity index (χ2n) is 5.14. The number of carboxylic acid groups (broad SMARTS) is 1. The Balaban J connectivity index is 2.46. The zero-order valence-corrected chi connectivity index (χ0v) is 12.1. The van der Waals surface area contributed by atoms with E-state index in [0.717, 1.165) is 0 Å². The number of carbonyl (C=O) groups excluding carboxylic acids is 2. The predicted octanol–water partition coefficient (Wildman–Crippen LogP) is 1.03. The molecular formula is C15H20N2O4. The van der Waals surface area contributed by atoms with E-state index in [1.54, 1.807) is 30.3 Å². The molecule has 0 unspecified atom stereocenters. The van der Waals surface area contributed by atoms with Gasteiger partial charge >= 0.3 is 5.97 Å². The van der Waals surface area contributed by atoms with Gasteiger partial charge < -0.3 is 15.7 Å². The Morgan fingerprint density at radius 2 is 1.76 bits per heavy atom. The van der Waals surface area contributed by atoms with Gasteiger partial charge in [0.25, 0.3) is 5.91 Å². The molecule has 0 bridgehead atoms. The van der Waals surface area contributed by atoms with Gasteiger partial charge in [-0.2, -0.15) is 0 Å². The van der Waals surface area contributed by atoms with E-state index in [1.165, 1.54) is 0 Å². The molecule has 0 aromatic heterocycles. The molecule has 21 heavy (non-hydrogen) atoms. The number of amides is 2. The molecule has 1 atom stereocenters. The molecule has 3 N–H and O–H groups in total. The lowest BCUT2D eigenvalue weighted by Gasteiger charge is -2.16. The zero-order valence-electron chi connectivity index (χ0n) is 12.1. The molecule has 0 aliphatic rings. The molecule has 114 valence electrons. The van der Waals surface area contributed by atoms with Crippen LogP contribution in [-0.2, 0) is 9.59 Å². The first-order valence-corrected chi connectivity index (χ1v) is 6.75. The molecule has 1 aromatic rings. The molecule has 0 spiro atoms. The van der Waals surface area contributed by atoms with E-state index in [1.807, 2.05) is 13.8 Å². The van der Waals surface area contributed by atoms with Crippen LogP contribution in [0.1, 0.15) is 30.6 Å². The lowest BCUT2D eigenvalue weighted by Crippen LogP contribution is -2.46. The van der Waals surface area contributed by atoms with Gasteiger partial charge in [-0.25, -0.2) is 4.79 Å². The van der Waals surface area contributed by atoms with Crippen molar-refractivity contribution in [1.82, 2.24) is 10.6 Å². The van der Waals surface area contributed by atoms with Crippen LogP contribution >= 0.6 is 0 Å². The average Bonchev–Trinajstić information content (AvgIpc) is 2.44. The van der Waals surface area contributed by atoms with Crippen LogP contribution in [0, 0.1) is 5.92 Å². The minimum Gasteiger partial charge on any atom is -0.480 e. The van der Waals surface area contributed by atoms with Crippen LogP contribution in [0.15, 0.2) is 30.3 Å². The van der Waals surface area contributed by atoms with Crippen molar-refractivity contribution in [3.8, 4) is 0 Å². The lowest BCUT2D eigenvalue weighted by atomic mass is 10.0. The average molecular weight is 292 g/mol. The summed E-state index contributed by atoms with van der Waals surface area (Å²) in [5.41, 5.74) is 0.447. The molecule has 0 aliphatic heterocycles. The zero-order chi connectivity index (χ0) is 15.8. The van der Waals surface area contributed by atoms with Crippen molar-refractivity contribution >= 4 is 17.8 Å². The highest BCUT2D eigenvalue weighted by Crippen LogP contribution is 2.04. The van der Waals surface area contributed by atoms with Gasteiger partial charge in [0.15, 0.2) is 0 Å². The minimum absolute atomic E-state index is 0.144. The normalized spacial score (nSPS) is 11.8. The summed E-state index contributed by atoms with van der Waals surface area (Å²) in [7, 11) is 0. The lowest BCUT2D eigenvalue weighted by molar-refractivity contribution is -0.142. The highest BCUT2D eigenvalue weighted by molar-refractivity contribution is 5.96. The molecule has 0 heterocycles. The Morgan fingerprint density at radius 3 is 2.29 bits per heavy atom. The van der Waals surface area contributed by atoms with Gasteiger partial charge in [-0.3, -0.25) is 9.59 Å². The van der Waals surface area contributed by atoms with Crippen molar-refractivity contribution in [2.75, 3.05) is 6.54 Å². The van der Waals surface area contributed by atoms with E-state index in [2.05, 4.69) is 10.6 Å². The van der Waals surface area contributed by atoms with Crippen LogP contribution in [0.3, 0.4) is 0 Å². The molecule has 0 saturated carbocycles. The van der Waals surface area contributed by atoms with Crippen LogP contribution < -0.4 is 10.6 Å². The summed E-state index contributed by atoms with van der Waals surface area (Å²) in [6, 6.07) is 7.55. The van der Waals surface area contributed by atoms with E-state index < -0.39 is 17.9 Å². The quantitative estimate of drug-likeness (QED) is 0.699. The van der Waals surface area contributed by atoms with Crippen LogP contribution in [0.25, 0.3) is 0 Å². The second kappa shape index (κ2) is 8.04. The predicted molar refractivity (Wildman–Crippen MR) is 77.8 cm³/mol. The number of rotatable bonds is 7. The van der Waals surface area contributed by atoms with Crippen molar-refractivity contribution in [2.45, 2.75) is 26.3 Å². The summed E-state index contributed by atoms with van der Waals surface area (Å²) in [5.74, 6) is -1.83. The number of nitrogens with one attached hydrogen (secondary N) is 2. The minimum atomic E-state index is -1.08. The number of hydrogen-bond acceptors (Lipinski definition) is 3. The fourth-order valence-electron chi connectivity index (χ4n) is 1.79. The van der Waals surface area contributed by atoms with E-state index in [9.17, 15) is 14.4 Å². The van der Waals surface area contributed by atoms with Gasteiger partial charge in [0, 0.05) is 5.56 Å². The molecule has 0 saturated heterocycles. The first-order chi connectivity index (χ1) is 9.90. The Kier molecular flexibility index (Phi) is 6.39. The maximum absolute atomic E-state index is 11.7. The Bertz CT molecular complexity index is 500. The van der Waals surface area contributed by atoms with E-state index >= 15 is 0 Å².